The van der Waals surface area contributed by atoms with Crippen LogP contribution in [0.4, 0.5) is 4.79 Å². The van der Waals surface area contributed by atoms with Crippen molar-refractivity contribution in [3.05, 3.63) is 34.3 Å². The molecule has 0 radical (unpaired) electrons. The van der Waals surface area contributed by atoms with Gasteiger partial charge in [0.05, 0.1) is 12.1 Å². The normalized spacial score (nSPS) is 10.8. The first-order chi connectivity index (χ1) is 9.29. The Labute approximate surface area is 126 Å². The van der Waals surface area contributed by atoms with Crippen molar-refractivity contribution in [2.45, 2.75) is 26.4 Å². The molecule has 0 saturated heterocycles. The molecule has 0 saturated carbocycles. The lowest BCUT2D eigenvalue weighted by Crippen LogP contribution is -2.34. The maximum Gasteiger partial charge on any atom is 0.407 e. The monoisotopic (exact) mass is 343 g/mol. The summed E-state index contributed by atoms with van der Waals surface area (Å²) in [6.45, 7) is 5.61. The molecule has 0 fully saturated rings. The van der Waals surface area contributed by atoms with Crippen molar-refractivity contribution in [3.8, 4) is 0 Å². The third-order valence-electron chi connectivity index (χ3n) is 2.10. The van der Waals surface area contributed by atoms with Gasteiger partial charge < -0.3 is 14.8 Å². The van der Waals surface area contributed by atoms with Crippen molar-refractivity contribution < 1.29 is 19.1 Å². The van der Waals surface area contributed by atoms with Crippen LogP contribution in [0.15, 0.2) is 28.7 Å². The zero-order valence-electron chi connectivity index (χ0n) is 11.7. The van der Waals surface area contributed by atoms with Crippen LogP contribution in [0.25, 0.3) is 0 Å². The highest BCUT2D eigenvalue weighted by Gasteiger charge is 2.16. The molecule has 1 aromatic carbocycles. The molecule has 0 spiro atoms. The van der Waals surface area contributed by atoms with E-state index >= 15 is 0 Å². The van der Waals surface area contributed by atoms with Crippen molar-refractivity contribution in [2.75, 3.05) is 13.2 Å². The van der Waals surface area contributed by atoms with Crippen molar-refractivity contribution in [1.82, 2.24) is 5.32 Å². The summed E-state index contributed by atoms with van der Waals surface area (Å²) < 4.78 is 10.8. The van der Waals surface area contributed by atoms with E-state index < -0.39 is 17.7 Å². The van der Waals surface area contributed by atoms with Gasteiger partial charge in [0.1, 0.15) is 12.2 Å². The van der Waals surface area contributed by atoms with Gasteiger partial charge in [-0.3, -0.25) is 0 Å². The van der Waals surface area contributed by atoms with Crippen LogP contribution in [0, 0.1) is 0 Å². The number of halogens is 1. The Balaban J connectivity index is 2.30. The van der Waals surface area contributed by atoms with E-state index in [1.807, 2.05) is 6.07 Å². The molecular weight excluding hydrogens is 326 g/mol. The molecule has 0 aliphatic heterocycles. The standard InChI is InChI=1S/C14H18BrNO4/c1-14(2,3)20-13(18)16-8-9-19-12(17)10-6-4-5-7-11(10)15/h4-7H,8-9H2,1-3H3,(H,16,18). The molecule has 6 heteroatoms. The summed E-state index contributed by atoms with van der Waals surface area (Å²) in [5.74, 6) is -0.441. The number of alkyl carbamates (subject to hydrolysis) is 1. The molecule has 0 aromatic heterocycles. The number of carbonyl (C=O) groups is 2. The zero-order chi connectivity index (χ0) is 15.2. The van der Waals surface area contributed by atoms with E-state index in [2.05, 4.69) is 21.2 Å². The van der Waals surface area contributed by atoms with Crippen molar-refractivity contribution in [3.63, 3.8) is 0 Å². The van der Waals surface area contributed by atoms with Gasteiger partial charge in [0.15, 0.2) is 0 Å². The fraction of sp³-hybridized carbons (Fsp3) is 0.429. The first kappa shape index (κ1) is 16.5. The number of hydrogen-bond acceptors (Lipinski definition) is 4. The first-order valence-electron chi connectivity index (χ1n) is 6.18. The molecule has 5 nitrogen and oxygen atoms in total. The SMILES string of the molecule is CC(C)(C)OC(=O)NCCOC(=O)c1ccccc1Br. The van der Waals surface area contributed by atoms with Gasteiger partial charge in [-0.25, -0.2) is 9.59 Å². The average molecular weight is 344 g/mol. The van der Waals surface area contributed by atoms with Gasteiger partial charge >= 0.3 is 12.1 Å². The number of benzene rings is 1. The van der Waals surface area contributed by atoms with Crippen molar-refractivity contribution in [2.24, 2.45) is 0 Å². The molecule has 0 bridgehead atoms. The third-order valence-corrected chi connectivity index (χ3v) is 2.79. The summed E-state index contributed by atoms with van der Waals surface area (Å²) in [6.07, 6.45) is -0.533. The molecule has 0 unspecified atom stereocenters. The number of ether oxygens (including phenoxy) is 2. The molecule has 0 atom stereocenters. The van der Waals surface area contributed by atoms with Crippen LogP contribution < -0.4 is 5.32 Å². The highest BCUT2D eigenvalue weighted by atomic mass is 79.9. The molecule has 0 aliphatic carbocycles. The number of hydrogen-bond donors (Lipinski definition) is 1. The van der Waals surface area contributed by atoms with Crippen LogP contribution in [-0.2, 0) is 9.47 Å². The second kappa shape index (κ2) is 7.28. The van der Waals surface area contributed by atoms with Gasteiger partial charge in [0.2, 0.25) is 0 Å². The molecule has 1 aromatic rings. The van der Waals surface area contributed by atoms with Gasteiger partial charge in [-0.15, -0.1) is 0 Å². The molecule has 0 aliphatic rings. The average Bonchev–Trinajstić information content (AvgIpc) is 2.33. The van der Waals surface area contributed by atoms with Gasteiger partial charge in [0, 0.05) is 4.47 Å². The van der Waals surface area contributed by atoms with E-state index in [1.54, 1.807) is 39.0 Å². The number of amides is 1. The number of esters is 1. The van der Waals surface area contributed by atoms with E-state index in [0.717, 1.165) is 0 Å². The second-order valence-corrected chi connectivity index (χ2v) is 5.90. The predicted molar refractivity (Wildman–Crippen MR) is 78.7 cm³/mol. The zero-order valence-corrected chi connectivity index (χ0v) is 13.3. The lowest BCUT2D eigenvalue weighted by atomic mass is 10.2. The van der Waals surface area contributed by atoms with E-state index in [9.17, 15) is 9.59 Å². The minimum atomic E-state index is -0.546. The van der Waals surface area contributed by atoms with Gasteiger partial charge in [-0.05, 0) is 48.8 Å². The lowest BCUT2D eigenvalue weighted by molar-refractivity contribution is 0.0433. The van der Waals surface area contributed by atoms with Crippen LogP contribution in [0.5, 0.6) is 0 Å². The van der Waals surface area contributed by atoms with E-state index in [-0.39, 0.29) is 13.2 Å². The first-order valence-corrected chi connectivity index (χ1v) is 6.97. The van der Waals surface area contributed by atoms with Crippen LogP contribution >= 0.6 is 15.9 Å². The molecule has 1 rings (SSSR count). The summed E-state index contributed by atoms with van der Waals surface area (Å²) in [5.41, 5.74) is -0.0971. The topological polar surface area (TPSA) is 64.6 Å². The predicted octanol–water partition coefficient (Wildman–Crippen LogP) is 3.13. The van der Waals surface area contributed by atoms with E-state index in [1.165, 1.54) is 0 Å². The van der Waals surface area contributed by atoms with Crippen LogP contribution in [0.2, 0.25) is 0 Å². The fourth-order valence-corrected chi connectivity index (χ4v) is 1.76. The van der Waals surface area contributed by atoms with Gasteiger partial charge in [0.25, 0.3) is 0 Å². The van der Waals surface area contributed by atoms with Crippen molar-refractivity contribution >= 4 is 28.0 Å². The molecule has 110 valence electrons. The molecular formula is C14H18BrNO4. The Morgan fingerprint density at radius 3 is 2.50 bits per heavy atom. The summed E-state index contributed by atoms with van der Waals surface area (Å²) in [6, 6.07) is 6.98. The number of nitrogens with one attached hydrogen (secondary N) is 1. The quantitative estimate of drug-likeness (QED) is 0.673. The van der Waals surface area contributed by atoms with E-state index in [0.29, 0.717) is 10.0 Å². The Morgan fingerprint density at radius 1 is 1.25 bits per heavy atom. The smallest absolute Gasteiger partial charge is 0.407 e. The molecule has 20 heavy (non-hydrogen) atoms. The van der Waals surface area contributed by atoms with Crippen LogP contribution in [0.1, 0.15) is 31.1 Å². The maximum atomic E-state index is 11.7. The summed E-state index contributed by atoms with van der Waals surface area (Å²) in [5, 5.41) is 2.51. The largest absolute Gasteiger partial charge is 0.460 e. The van der Waals surface area contributed by atoms with Crippen molar-refractivity contribution in [1.29, 1.82) is 0 Å². The Bertz CT molecular complexity index is 482. The Morgan fingerprint density at radius 2 is 1.90 bits per heavy atom. The second-order valence-electron chi connectivity index (χ2n) is 5.04. The van der Waals surface area contributed by atoms with Crippen LogP contribution in [-0.4, -0.2) is 30.8 Å². The summed E-state index contributed by atoms with van der Waals surface area (Å²) in [4.78, 5) is 23.1. The lowest BCUT2D eigenvalue weighted by Gasteiger charge is -2.19. The number of rotatable bonds is 4. The minimum Gasteiger partial charge on any atom is -0.460 e. The minimum absolute atomic E-state index is 0.0827. The summed E-state index contributed by atoms with van der Waals surface area (Å²) in [7, 11) is 0. The summed E-state index contributed by atoms with van der Waals surface area (Å²) >= 11 is 3.27. The van der Waals surface area contributed by atoms with Crippen LogP contribution in [0.3, 0.4) is 0 Å². The van der Waals surface area contributed by atoms with Gasteiger partial charge in [-0.2, -0.15) is 0 Å². The molecule has 0 heterocycles. The Kier molecular flexibility index (Phi) is 6.01. The van der Waals surface area contributed by atoms with E-state index in [4.69, 9.17) is 9.47 Å². The third kappa shape index (κ3) is 6.06. The highest BCUT2D eigenvalue weighted by molar-refractivity contribution is 9.10. The number of carbonyl (C=O) groups excluding carboxylic acids is 2. The molecule has 1 N–H and O–H groups in total. The maximum absolute atomic E-state index is 11.7. The fourth-order valence-electron chi connectivity index (χ4n) is 1.32. The highest BCUT2D eigenvalue weighted by Crippen LogP contribution is 2.16. The Hall–Kier alpha value is -1.56. The van der Waals surface area contributed by atoms with Gasteiger partial charge in [-0.1, -0.05) is 12.1 Å². The molecule has 1 amide bonds.